The molecule has 2 heteroatoms. The molecule has 1 aromatic heterocycles. The van der Waals surface area contributed by atoms with E-state index in [2.05, 4.69) is 48.2 Å². The molecule has 2 aromatic rings. The fraction of sp³-hybridized carbons (Fsp3) is 0.188. The van der Waals surface area contributed by atoms with Crippen LogP contribution in [0.2, 0.25) is 0 Å². The lowest BCUT2D eigenvalue weighted by Crippen LogP contribution is -2.30. The number of aryl methyl sites for hydroxylation is 1. The minimum absolute atomic E-state index is 0.897. The van der Waals surface area contributed by atoms with E-state index in [-0.39, 0.29) is 0 Å². The summed E-state index contributed by atoms with van der Waals surface area (Å²) in [6, 6.07) is 12.2. The van der Waals surface area contributed by atoms with Crippen LogP contribution in [-0.2, 0) is 6.54 Å². The highest BCUT2D eigenvalue weighted by molar-refractivity contribution is 5.72. The maximum Gasteiger partial charge on any atom is 0.169 e. The summed E-state index contributed by atoms with van der Waals surface area (Å²) in [5, 5.41) is 0. The molecule has 2 nitrogen and oxygen atoms in total. The van der Waals surface area contributed by atoms with Crippen LogP contribution in [0.15, 0.2) is 48.8 Å². The Bertz CT molecular complexity index is 529. The average Bonchev–Trinajstić information content (AvgIpc) is 2.46. The highest BCUT2D eigenvalue weighted by Gasteiger charge is 1.98. The molecule has 0 spiro atoms. The Morgan fingerprint density at radius 3 is 2.44 bits per heavy atom. The molecule has 1 heterocycles. The van der Waals surface area contributed by atoms with Gasteiger partial charge in [0.2, 0.25) is 0 Å². The van der Waals surface area contributed by atoms with E-state index in [9.17, 15) is 0 Å². The number of nitrogens with zero attached hydrogens (tertiary/aromatic N) is 1. The molecule has 0 radical (unpaired) electrons. The van der Waals surface area contributed by atoms with Gasteiger partial charge in [0.25, 0.3) is 0 Å². The predicted octanol–water partition coefficient (Wildman–Crippen LogP) is 3.17. The van der Waals surface area contributed by atoms with Crippen LogP contribution in [0.5, 0.6) is 5.75 Å². The van der Waals surface area contributed by atoms with Gasteiger partial charge in [-0.25, -0.2) is 4.57 Å². The molecule has 0 aliphatic rings. The van der Waals surface area contributed by atoms with E-state index in [1.807, 2.05) is 24.3 Å². The van der Waals surface area contributed by atoms with E-state index in [0.717, 1.165) is 17.9 Å². The van der Waals surface area contributed by atoms with Gasteiger partial charge in [0.05, 0.1) is 7.11 Å². The number of aromatic nitrogens is 1. The van der Waals surface area contributed by atoms with Crippen LogP contribution in [0.1, 0.15) is 18.1 Å². The van der Waals surface area contributed by atoms with Gasteiger partial charge in [-0.2, -0.15) is 0 Å². The van der Waals surface area contributed by atoms with Crippen LogP contribution in [-0.4, -0.2) is 7.11 Å². The van der Waals surface area contributed by atoms with E-state index >= 15 is 0 Å². The molecule has 0 fully saturated rings. The van der Waals surface area contributed by atoms with Crippen LogP contribution in [0.25, 0.3) is 12.2 Å². The zero-order valence-corrected chi connectivity index (χ0v) is 10.8. The van der Waals surface area contributed by atoms with Gasteiger partial charge in [0.15, 0.2) is 12.4 Å². The Kier molecular flexibility index (Phi) is 4.13. The Morgan fingerprint density at radius 1 is 1.06 bits per heavy atom. The molecule has 18 heavy (non-hydrogen) atoms. The standard InChI is InChI=1S/C16H18NO/c1-3-17-12-10-14(11-13-17)8-9-15-6-4-5-7-16(15)18-2/h4-13H,3H2,1-2H3/q+1. The molecule has 0 saturated heterocycles. The number of hydrogen-bond donors (Lipinski definition) is 0. The van der Waals surface area contributed by atoms with Crippen molar-refractivity contribution in [3.63, 3.8) is 0 Å². The van der Waals surface area contributed by atoms with Crippen LogP contribution in [0, 0.1) is 0 Å². The van der Waals surface area contributed by atoms with Gasteiger partial charge in [0, 0.05) is 17.7 Å². The van der Waals surface area contributed by atoms with Crippen molar-refractivity contribution in [1.29, 1.82) is 0 Å². The number of benzene rings is 1. The summed E-state index contributed by atoms with van der Waals surface area (Å²) in [5.41, 5.74) is 2.28. The largest absolute Gasteiger partial charge is 0.496 e. The fourth-order valence-corrected chi connectivity index (χ4v) is 1.78. The first-order valence-electron chi connectivity index (χ1n) is 6.13. The molecule has 2 rings (SSSR count). The average molecular weight is 240 g/mol. The Morgan fingerprint density at radius 2 is 1.78 bits per heavy atom. The minimum Gasteiger partial charge on any atom is -0.496 e. The zero-order valence-electron chi connectivity index (χ0n) is 10.8. The van der Waals surface area contributed by atoms with Crippen molar-refractivity contribution < 1.29 is 9.30 Å². The van der Waals surface area contributed by atoms with E-state index in [0.29, 0.717) is 0 Å². The second-order valence-electron chi connectivity index (χ2n) is 4.04. The first kappa shape index (κ1) is 12.4. The monoisotopic (exact) mass is 240 g/mol. The number of rotatable bonds is 4. The molecule has 0 saturated carbocycles. The smallest absolute Gasteiger partial charge is 0.169 e. The fourth-order valence-electron chi connectivity index (χ4n) is 1.78. The number of methoxy groups -OCH3 is 1. The number of hydrogen-bond acceptors (Lipinski definition) is 1. The van der Waals surface area contributed by atoms with E-state index in [4.69, 9.17) is 4.74 Å². The first-order chi connectivity index (χ1) is 8.83. The van der Waals surface area contributed by atoms with Crippen molar-refractivity contribution in [2.45, 2.75) is 13.5 Å². The summed E-state index contributed by atoms with van der Waals surface area (Å²) in [5.74, 6) is 0.897. The van der Waals surface area contributed by atoms with Gasteiger partial charge in [0.1, 0.15) is 12.3 Å². The number of pyridine rings is 1. The summed E-state index contributed by atoms with van der Waals surface area (Å²) in [7, 11) is 1.69. The molecular weight excluding hydrogens is 222 g/mol. The molecule has 0 N–H and O–H groups in total. The van der Waals surface area contributed by atoms with Crippen molar-refractivity contribution in [2.24, 2.45) is 0 Å². The van der Waals surface area contributed by atoms with Crippen LogP contribution >= 0.6 is 0 Å². The lowest BCUT2D eigenvalue weighted by atomic mass is 10.1. The topological polar surface area (TPSA) is 13.1 Å². The van der Waals surface area contributed by atoms with Crippen molar-refractivity contribution >= 4 is 12.2 Å². The van der Waals surface area contributed by atoms with Gasteiger partial charge in [-0.1, -0.05) is 30.4 Å². The van der Waals surface area contributed by atoms with Crippen molar-refractivity contribution in [3.8, 4) is 5.75 Å². The summed E-state index contributed by atoms with van der Waals surface area (Å²) in [6.07, 6.45) is 8.34. The number of para-hydroxylation sites is 1. The molecule has 0 aliphatic heterocycles. The van der Waals surface area contributed by atoms with E-state index in [1.165, 1.54) is 5.56 Å². The molecule has 0 unspecified atom stereocenters. The minimum atomic E-state index is 0.897. The van der Waals surface area contributed by atoms with Gasteiger partial charge >= 0.3 is 0 Å². The molecular formula is C16H18NO+. The predicted molar refractivity (Wildman–Crippen MR) is 74.2 cm³/mol. The number of ether oxygens (including phenoxy) is 1. The second-order valence-corrected chi connectivity index (χ2v) is 4.04. The molecule has 0 aliphatic carbocycles. The van der Waals surface area contributed by atoms with E-state index in [1.54, 1.807) is 7.11 Å². The summed E-state index contributed by atoms with van der Waals surface area (Å²) in [6.45, 7) is 3.13. The zero-order chi connectivity index (χ0) is 12.8. The van der Waals surface area contributed by atoms with E-state index < -0.39 is 0 Å². The van der Waals surface area contributed by atoms with Crippen LogP contribution < -0.4 is 9.30 Å². The maximum absolute atomic E-state index is 5.31. The third-order valence-corrected chi connectivity index (χ3v) is 2.88. The summed E-state index contributed by atoms with van der Waals surface area (Å²) < 4.78 is 7.45. The van der Waals surface area contributed by atoms with Crippen molar-refractivity contribution in [1.82, 2.24) is 0 Å². The summed E-state index contributed by atoms with van der Waals surface area (Å²) >= 11 is 0. The van der Waals surface area contributed by atoms with Crippen molar-refractivity contribution in [2.75, 3.05) is 7.11 Å². The molecule has 0 amide bonds. The van der Waals surface area contributed by atoms with Gasteiger partial charge in [-0.15, -0.1) is 0 Å². The van der Waals surface area contributed by atoms with Crippen LogP contribution in [0.4, 0.5) is 0 Å². The maximum atomic E-state index is 5.31. The van der Waals surface area contributed by atoms with Crippen molar-refractivity contribution in [3.05, 3.63) is 59.9 Å². The SMILES string of the molecule is CC[n+]1ccc(C=Cc2ccccc2OC)cc1. The summed E-state index contributed by atoms with van der Waals surface area (Å²) in [4.78, 5) is 0. The molecule has 0 bridgehead atoms. The second kappa shape index (κ2) is 6.01. The Hall–Kier alpha value is -2.09. The quantitative estimate of drug-likeness (QED) is 0.748. The Labute approximate surface area is 108 Å². The van der Waals surface area contributed by atoms with Gasteiger partial charge < -0.3 is 4.74 Å². The Balaban J connectivity index is 2.19. The highest BCUT2D eigenvalue weighted by atomic mass is 16.5. The highest BCUT2D eigenvalue weighted by Crippen LogP contribution is 2.19. The van der Waals surface area contributed by atoms with Gasteiger partial charge in [-0.3, -0.25) is 0 Å². The third kappa shape index (κ3) is 2.98. The molecule has 1 aromatic carbocycles. The lowest BCUT2D eigenvalue weighted by Gasteiger charge is -2.03. The third-order valence-electron chi connectivity index (χ3n) is 2.88. The molecule has 0 atom stereocenters. The first-order valence-corrected chi connectivity index (χ1v) is 6.13. The van der Waals surface area contributed by atoms with Gasteiger partial charge in [-0.05, 0) is 18.6 Å². The molecule has 92 valence electrons. The van der Waals surface area contributed by atoms with Crippen LogP contribution in [0.3, 0.4) is 0 Å². The normalized spacial score (nSPS) is 10.8. The lowest BCUT2D eigenvalue weighted by molar-refractivity contribution is -0.693.